The van der Waals surface area contributed by atoms with Gasteiger partial charge in [0.15, 0.2) is 6.23 Å². The van der Waals surface area contributed by atoms with Crippen molar-refractivity contribution in [1.29, 1.82) is 0 Å². The van der Waals surface area contributed by atoms with Gasteiger partial charge in [-0.15, -0.1) is 0 Å². The van der Waals surface area contributed by atoms with Crippen molar-refractivity contribution in [2.24, 2.45) is 0 Å². The summed E-state index contributed by atoms with van der Waals surface area (Å²) >= 11 is 0. The molecule has 2 aliphatic heterocycles. The molecule has 1 unspecified atom stereocenters. The molecule has 1 saturated heterocycles. The van der Waals surface area contributed by atoms with Crippen LogP contribution in [0.1, 0.15) is 47.4 Å². The fourth-order valence-corrected chi connectivity index (χ4v) is 5.06. The summed E-state index contributed by atoms with van der Waals surface area (Å²) in [5.74, 6) is -2.05. The molecule has 0 saturated carbocycles. The van der Waals surface area contributed by atoms with Gasteiger partial charge in [-0.1, -0.05) is 0 Å². The summed E-state index contributed by atoms with van der Waals surface area (Å²) in [6.07, 6.45) is -5.68. The van der Waals surface area contributed by atoms with E-state index in [-0.39, 0.29) is 48.2 Å². The van der Waals surface area contributed by atoms with Crippen molar-refractivity contribution in [1.82, 2.24) is 14.5 Å². The van der Waals surface area contributed by atoms with Gasteiger partial charge in [-0.25, -0.2) is 13.8 Å². The number of aliphatic hydroxyl groups is 2. The molecule has 0 radical (unpaired) electrons. The molecular formula is C27H29F2N3O8. The number of esters is 1. The fourth-order valence-electron chi connectivity index (χ4n) is 5.06. The molecule has 5 rings (SSSR count). The second kappa shape index (κ2) is 10.6. The quantitative estimate of drug-likeness (QED) is 0.436. The third-order valence-corrected chi connectivity index (χ3v) is 6.91. The number of carbonyl (C=O) groups excluding carboxylic acids is 2. The Balaban J connectivity index is 1.62. The van der Waals surface area contributed by atoms with Crippen LogP contribution in [0.3, 0.4) is 0 Å². The summed E-state index contributed by atoms with van der Waals surface area (Å²) in [6, 6.07) is 4.85. The van der Waals surface area contributed by atoms with Gasteiger partial charge in [-0.05, 0) is 19.1 Å². The van der Waals surface area contributed by atoms with Crippen LogP contribution in [0.4, 0.5) is 8.78 Å². The lowest BCUT2D eigenvalue weighted by molar-refractivity contribution is -0.147. The zero-order chi connectivity index (χ0) is 28.9. The van der Waals surface area contributed by atoms with Gasteiger partial charge >= 0.3 is 5.97 Å². The average Bonchev–Trinajstić information content (AvgIpc) is 3.36. The van der Waals surface area contributed by atoms with E-state index in [1.54, 1.807) is 27.1 Å². The first-order valence-electron chi connectivity index (χ1n) is 12.6. The molecule has 0 bridgehead atoms. The lowest BCUT2D eigenvalue weighted by Gasteiger charge is -2.28. The first-order valence-corrected chi connectivity index (χ1v) is 12.6. The van der Waals surface area contributed by atoms with Gasteiger partial charge in [0, 0.05) is 45.1 Å². The second-order valence-corrected chi connectivity index (χ2v) is 9.96. The Morgan fingerprint density at radius 3 is 2.62 bits per heavy atom. The van der Waals surface area contributed by atoms with E-state index in [0.29, 0.717) is 16.9 Å². The van der Waals surface area contributed by atoms with Crippen molar-refractivity contribution in [3.05, 3.63) is 52.9 Å². The topological polar surface area (TPSA) is 133 Å². The minimum atomic E-state index is -1.43. The van der Waals surface area contributed by atoms with E-state index in [2.05, 4.69) is 4.98 Å². The minimum absolute atomic E-state index is 0.0150. The summed E-state index contributed by atoms with van der Waals surface area (Å²) in [4.78, 5) is 30.1. The number of imidazole rings is 1. The molecule has 13 heteroatoms. The number of hydrogen-bond acceptors (Lipinski definition) is 9. The van der Waals surface area contributed by atoms with E-state index in [1.807, 2.05) is 0 Å². The molecule has 40 heavy (non-hydrogen) atoms. The molecule has 0 spiro atoms. The Bertz CT molecular complexity index is 1480. The first kappa shape index (κ1) is 27.7. The number of ether oxygens (including phenoxy) is 4. The predicted molar refractivity (Wildman–Crippen MR) is 135 cm³/mol. The Hall–Kier alpha value is -3.81. The van der Waals surface area contributed by atoms with Gasteiger partial charge in [-0.2, -0.15) is 0 Å². The second-order valence-electron chi connectivity index (χ2n) is 9.96. The number of amides is 1. The van der Waals surface area contributed by atoms with E-state index in [4.69, 9.17) is 18.9 Å². The Morgan fingerprint density at radius 1 is 1.18 bits per heavy atom. The molecule has 1 aromatic heterocycles. The normalized spacial score (nSPS) is 23.9. The molecular weight excluding hydrogens is 532 g/mol. The van der Waals surface area contributed by atoms with E-state index in [1.165, 1.54) is 22.5 Å². The number of rotatable bonds is 6. The lowest BCUT2D eigenvalue weighted by Crippen LogP contribution is -2.34. The lowest BCUT2D eigenvalue weighted by atomic mass is 10.0. The molecule has 2 N–H and O–H groups in total. The number of halogens is 2. The molecule has 214 valence electrons. The average molecular weight is 562 g/mol. The summed E-state index contributed by atoms with van der Waals surface area (Å²) in [5.41, 5.74) is 0.903. The highest BCUT2D eigenvalue weighted by atomic mass is 19.1. The molecule has 1 amide bonds. The number of nitrogens with zero attached hydrogens (tertiary/aromatic N) is 3. The smallest absolute Gasteiger partial charge is 0.302 e. The number of aryl methyl sites for hydroxylation is 1. The fraction of sp³-hybridized carbons (Fsp3) is 0.444. The third-order valence-electron chi connectivity index (χ3n) is 6.91. The zero-order valence-corrected chi connectivity index (χ0v) is 22.3. The van der Waals surface area contributed by atoms with Gasteiger partial charge in [-0.3, -0.25) is 14.2 Å². The minimum Gasteiger partial charge on any atom is -0.493 e. The molecule has 2 aliphatic rings. The highest BCUT2D eigenvalue weighted by Gasteiger charge is 2.45. The van der Waals surface area contributed by atoms with Crippen LogP contribution in [-0.2, 0) is 14.3 Å². The van der Waals surface area contributed by atoms with Crippen LogP contribution in [-0.4, -0.2) is 82.2 Å². The number of fused-ring (bicyclic) bond motifs is 2. The van der Waals surface area contributed by atoms with Crippen LogP contribution in [0.5, 0.6) is 11.5 Å². The molecule has 3 heterocycles. The van der Waals surface area contributed by atoms with Crippen LogP contribution in [0, 0.1) is 18.6 Å². The molecule has 2 aromatic carbocycles. The molecule has 3 aromatic rings. The maximum absolute atomic E-state index is 14.9. The van der Waals surface area contributed by atoms with Crippen molar-refractivity contribution in [2.45, 2.75) is 50.9 Å². The van der Waals surface area contributed by atoms with E-state index >= 15 is 0 Å². The van der Waals surface area contributed by atoms with Crippen LogP contribution in [0.2, 0.25) is 0 Å². The van der Waals surface area contributed by atoms with Gasteiger partial charge in [0.25, 0.3) is 5.91 Å². The molecule has 0 aliphatic carbocycles. The third kappa shape index (κ3) is 4.95. The van der Waals surface area contributed by atoms with Gasteiger partial charge in [0.05, 0.1) is 17.7 Å². The molecule has 1 fully saturated rings. The Labute approximate surface area is 227 Å². The van der Waals surface area contributed by atoms with Crippen LogP contribution >= 0.6 is 0 Å². The van der Waals surface area contributed by atoms with E-state index in [9.17, 15) is 28.6 Å². The Kier molecular flexibility index (Phi) is 7.38. The standard InChI is InChI=1S/C27H29F2N3O8/c1-12-30-17-7-14(26(36)31(3)4)8-20(39-18-5-6-37-19-10-15(28)9-16(29)22(18)19)23(17)32(12)27-25(35)24(34)21(40-27)11-38-13(2)33/h7-10,18,21,24-25,27,34-35H,5-6,11H2,1-4H3/t18-,21+,24-,25+,27?/m0/s1. The zero-order valence-electron chi connectivity index (χ0n) is 22.3. The first-order chi connectivity index (χ1) is 19.0. The van der Waals surface area contributed by atoms with Crippen LogP contribution < -0.4 is 9.47 Å². The highest BCUT2D eigenvalue weighted by Crippen LogP contribution is 2.42. The Morgan fingerprint density at radius 2 is 1.93 bits per heavy atom. The van der Waals surface area contributed by atoms with E-state index in [0.717, 1.165) is 12.1 Å². The summed E-state index contributed by atoms with van der Waals surface area (Å²) in [5, 5.41) is 21.5. The van der Waals surface area contributed by atoms with Crippen molar-refractivity contribution in [2.75, 3.05) is 27.3 Å². The highest BCUT2D eigenvalue weighted by molar-refractivity contribution is 5.99. The van der Waals surface area contributed by atoms with Gasteiger partial charge in [0.2, 0.25) is 0 Å². The summed E-state index contributed by atoms with van der Waals surface area (Å²) < 4.78 is 53.0. The van der Waals surface area contributed by atoms with Crippen molar-refractivity contribution in [3.63, 3.8) is 0 Å². The maximum atomic E-state index is 14.9. The van der Waals surface area contributed by atoms with Gasteiger partial charge in [0.1, 0.15) is 65.5 Å². The molecule has 11 nitrogen and oxygen atoms in total. The number of hydrogen-bond donors (Lipinski definition) is 2. The predicted octanol–water partition coefficient (Wildman–Crippen LogP) is 2.41. The number of carbonyl (C=O) groups is 2. The van der Waals surface area contributed by atoms with Crippen molar-refractivity contribution < 1.29 is 47.5 Å². The van der Waals surface area contributed by atoms with Crippen molar-refractivity contribution >= 4 is 22.9 Å². The molecule has 5 atom stereocenters. The van der Waals surface area contributed by atoms with E-state index < -0.39 is 48.2 Å². The number of benzene rings is 2. The van der Waals surface area contributed by atoms with Crippen molar-refractivity contribution in [3.8, 4) is 11.5 Å². The number of aromatic nitrogens is 2. The maximum Gasteiger partial charge on any atom is 0.302 e. The number of aliphatic hydroxyl groups excluding tert-OH is 2. The SMILES string of the molecule is CC(=O)OC[C@H]1OC(n2c(C)nc3cc(C(=O)N(C)C)cc(O[C@H]4CCOc5cc(F)cc(F)c54)c32)[C@H](O)[C@H]1O. The largest absolute Gasteiger partial charge is 0.493 e. The van der Waals surface area contributed by atoms with Crippen LogP contribution in [0.25, 0.3) is 11.0 Å². The van der Waals surface area contributed by atoms with Gasteiger partial charge < -0.3 is 34.1 Å². The summed E-state index contributed by atoms with van der Waals surface area (Å²) in [7, 11) is 3.17. The summed E-state index contributed by atoms with van der Waals surface area (Å²) in [6.45, 7) is 2.71. The van der Waals surface area contributed by atoms with Crippen LogP contribution in [0.15, 0.2) is 24.3 Å². The monoisotopic (exact) mass is 561 g/mol.